The highest BCUT2D eigenvalue weighted by Gasteiger charge is 2.31. The molecule has 2 aliphatic heterocycles. The second-order valence-electron chi connectivity index (χ2n) is 5.17. The summed E-state index contributed by atoms with van der Waals surface area (Å²) in [7, 11) is 0. The predicted octanol–water partition coefficient (Wildman–Crippen LogP) is 1.70. The van der Waals surface area contributed by atoms with Gasteiger partial charge in [0.05, 0.1) is 5.69 Å². The molecule has 16 heavy (non-hydrogen) atoms. The summed E-state index contributed by atoms with van der Waals surface area (Å²) in [5, 5.41) is 6.83. The van der Waals surface area contributed by atoms with E-state index >= 15 is 0 Å². The van der Waals surface area contributed by atoms with Crippen molar-refractivity contribution in [1.29, 1.82) is 0 Å². The zero-order valence-corrected chi connectivity index (χ0v) is 9.25. The molecule has 4 rings (SSSR count). The highest BCUT2D eigenvalue weighted by Crippen LogP contribution is 2.42. The maximum absolute atomic E-state index is 5.56. The van der Waals surface area contributed by atoms with Gasteiger partial charge in [0, 0.05) is 6.54 Å². The van der Waals surface area contributed by atoms with Crippen molar-refractivity contribution in [1.82, 2.24) is 5.32 Å². The fraction of sp³-hybridized carbons (Fsp3) is 0.538. The predicted molar refractivity (Wildman–Crippen MR) is 63.0 cm³/mol. The van der Waals surface area contributed by atoms with Crippen molar-refractivity contribution in [3.8, 4) is 5.75 Å². The first-order valence-electron chi connectivity index (χ1n) is 6.14. The Balaban J connectivity index is 1.84. The van der Waals surface area contributed by atoms with Gasteiger partial charge < -0.3 is 15.4 Å². The first-order valence-corrected chi connectivity index (χ1v) is 6.14. The van der Waals surface area contributed by atoms with Crippen molar-refractivity contribution in [3.63, 3.8) is 0 Å². The Bertz CT molecular complexity index is 444. The molecule has 1 fully saturated rings. The molecule has 1 aromatic rings. The first kappa shape index (κ1) is 8.88. The fourth-order valence-electron chi connectivity index (χ4n) is 3.38. The van der Waals surface area contributed by atoms with Crippen LogP contribution in [0.25, 0.3) is 0 Å². The summed E-state index contributed by atoms with van der Waals surface area (Å²) in [5.41, 5.74) is 4.24. The molecule has 0 aromatic heterocycles. The molecule has 2 atom stereocenters. The van der Waals surface area contributed by atoms with Crippen LogP contribution in [0.5, 0.6) is 5.75 Å². The smallest absolute Gasteiger partial charge is 0.159 e. The Labute approximate surface area is 95.2 Å². The Kier molecular flexibility index (Phi) is 1.74. The quantitative estimate of drug-likeness (QED) is 0.692. The molecule has 2 unspecified atom stereocenters. The van der Waals surface area contributed by atoms with Gasteiger partial charge in [0.25, 0.3) is 0 Å². The van der Waals surface area contributed by atoms with E-state index in [0.717, 1.165) is 24.1 Å². The first-order chi connectivity index (χ1) is 7.90. The lowest BCUT2D eigenvalue weighted by atomic mass is 9.74. The van der Waals surface area contributed by atoms with E-state index in [1.807, 2.05) is 0 Å². The number of piperidine rings is 1. The zero-order chi connectivity index (χ0) is 10.5. The van der Waals surface area contributed by atoms with Crippen LogP contribution in [0, 0.1) is 5.92 Å². The molecule has 0 saturated carbocycles. The van der Waals surface area contributed by atoms with E-state index in [1.54, 1.807) is 5.56 Å². The molecule has 3 nitrogen and oxygen atoms in total. The maximum Gasteiger partial charge on any atom is 0.159 e. The molecule has 0 spiro atoms. The average molecular weight is 216 g/mol. The van der Waals surface area contributed by atoms with Gasteiger partial charge in [-0.25, -0.2) is 0 Å². The van der Waals surface area contributed by atoms with Crippen molar-refractivity contribution >= 4 is 5.69 Å². The van der Waals surface area contributed by atoms with E-state index in [4.69, 9.17) is 4.74 Å². The second-order valence-corrected chi connectivity index (χ2v) is 5.17. The van der Waals surface area contributed by atoms with Gasteiger partial charge in [0.2, 0.25) is 0 Å². The number of anilines is 1. The van der Waals surface area contributed by atoms with Crippen LogP contribution in [-0.4, -0.2) is 19.8 Å². The van der Waals surface area contributed by atoms with Gasteiger partial charge in [-0.1, -0.05) is 0 Å². The van der Waals surface area contributed by atoms with Crippen LogP contribution in [0.2, 0.25) is 0 Å². The summed E-state index contributed by atoms with van der Waals surface area (Å²) in [6.45, 7) is 2.96. The van der Waals surface area contributed by atoms with Gasteiger partial charge in [0.1, 0.15) is 5.75 Å². The summed E-state index contributed by atoms with van der Waals surface area (Å²) < 4.78 is 5.56. The Morgan fingerprint density at radius 3 is 3.25 bits per heavy atom. The number of fused-ring (bicyclic) bond motifs is 5. The van der Waals surface area contributed by atoms with Crippen LogP contribution in [0.1, 0.15) is 23.5 Å². The van der Waals surface area contributed by atoms with Crippen molar-refractivity contribution in [3.05, 3.63) is 23.3 Å². The van der Waals surface area contributed by atoms with Crippen molar-refractivity contribution in [2.75, 3.05) is 25.1 Å². The molecule has 1 aromatic carbocycles. The van der Waals surface area contributed by atoms with Crippen LogP contribution in [0.3, 0.4) is 0 Å². The second kappa shape index (κ2) is 3.14. The molecule has 3 heteroatoms. The third kappa shape index (κ3) is 1.18. The SMILES string of the molecule is c1c2c(cc3c1OCN3)C1CNCC(C2)C1. The van der Waals surface area contributed by atoms with E-state index in [1.165, 1.54) is 30.6 Å². The molecular formula is C13H16N2O. The number of ether oxygens (including phenoxy) is 1. The lowest BCUT2D eigenvalue weighted by Gasteiger charge is -2.36. The van der Waals surface area contributed by atoms with Gasteiger partial charge in [-0.05, 0) is 54.5 Å². The number of hydrogen-bond donors (Lipinski definition) is 2. The average Bonchev–Trinajstić information content (AvgIpc) is 2.74. The van der Waals surface area contributed by atoms with Crippen molar-refractivity contribution < 1.29 is 4.74 Å². The minimum atomic E-state index is 0.630. The molecular weight excluding hydrogens is 200 g/mol. The molecule has 1 aliphatic carbocycles. The van der Waals surface area contributed by atoms with E-state index in [0.29, 0.717) is 6.73 Å². The Morgan fingerprint density at radius 2 is 2.25 bits per heavy atom. The Hall–Kier alpha value is -1.22. The normalized spacial score (nSPS) is 30.0. The summed E-state index contributed by atoms with van der Waals surface area (Å²) in [4.78, 5) is 0. The van der Waals surface area contributed by atoms with Gasteiger partial charge >= 0.3 is 0 Å². The number of benzene rings is 1. The van der Waals surface area contributed by atoms with Crippen LogP contribution in [-0.2, 0) is 6.42 Å². The lowest BCUT2D eigenvalue weighted by molar-refractivity contribution is 0.317. The topological polar surface area (TPSA) is 33.3 Å². The van der Waals surface area contributed by atoms with Gasteiger partial charge in [-0.2, -0.15) is 0 Å². The number of nitrogens with one attached hydrogen (secondary N) is 2. The van der Waals surface area contributed by atoms with Gasteiger partial charge in [-0.3, -0.25) is 0 Å². The number of rotatable bonds is 0. The highest BCUT2D eigenvalue weighted by molar-refractivity contribution is 5.63. The summed E-state index contributed by atoms with van der Waals surface area (Å²) in [6, 6.07) is 4.57. The van der Waals surface area contributed by atoms with Gasteiger partial charge in [0.15, 0.2) is 6.73 Å². The monoisotopic (exact) mass is 216 g/mol. The highest BCUT2D eigenvalue weighted by atomic mass is 16.5. The van der Waals surface area contributed by atoms with Crippen LogP contribution >= 0.6 is 0 Å². The number of hydrogen-bond acceptors (Lipinski definition) is 3. The van der Waals surface area contributed by atoms with Crippen LogP contribution in [0.4, 0.5) is 5.69 Å². The summed E-state index contributed by atoms with van der Waals surface area (Å²) in [5.74, 6) is 2.60. The third-order valence-corrected chi connectivity index (χ3v) is 4.12. The molecule has 3 aliphatic rings. The molecule has 84 valence electrons. The molecule has 2 bridgehead atoms. The van der Waals surface area contributed by atoms with Crippen LogP contribution in [0.15, 0.2) is 12.1 Å². The maximum atomic E-state index is 5.56. The molecule has 1 saturated heterocycles. The lowest BCUT2D eigenvalue weighted by Crippen LogP contribution is -2.39. The van der Waals surface area contributed by atoms with E-state index in [-0.39, 0.29) is 0 Å². The van der Waals surface area contributed by atoms with E-state index in [2.05, 4.69) is 22.8 Å². The van der Waals surface area contributed by atoms with Crippen molar-refractivity contribution in [2.24, 2.45) is 5.92 Å². The minimum absolute atomic E-state index is 0.630. The van der Waals surface area contributed by atoms with Crippen LogP contribution < -0.4 is 15.4 Å². The van der Waals surface area contributed by atoms with Crippen molar-refractivity contribution in [2.45, 2.75) is 18.8 Å². The molecule has 0 radical (unpaired) electrons. The molecule has 2 N–H and O–H groups in total. The Morgan fingerprint density at radius 1 is 1.25 bits per heavy atom. The fourth-order valence-corrected chi connectivity index (χ4v) is 3.38. The van der Waals surface area contributed by atoms with Gasteiger partial charge in [-0.15, -0.1) is 0 Å². The largest absolute Gasteiger partial charge is 0.471 e. The minimum Gasteiger partial charge on any atom is -0.471 e. The van der Waals surface area contributed by atoms with E-state index < -0.39 is 0 Å². The van der Waals surface area contributed by atoms with E-state index in [9.17, 15) is 0 Å². The summed E-state index contributed by atoms with van der Waals surface area (Å²) >= 11 is 0. The summed E-state index contributed by atoms with van der Waals surface area (Å²) in [6.07, 6.45) is 2.58. The molecule has 2 heterocycles. The third-order valence-electron chi connectivity index (χ3n) is 4.12. The molecule has 0 amide bonds. The standard InChI is InChI=1S/C13H16N2O/c1-8-2-10(6-14-5-8)11-4-12-13(3-9(1)11)16-7-15-12/h3-4,8,10,14-15H,1-2,5-7H2. The zero-order valence-electron chi connectivity index (χ0n) is 9.25.